The van der Waals surface area contributed by atoms with E-state index in [4.69, 9.17) is 11.6 Å². The first-order chi connectivity index (χ1) is 10.4. The second kappa shape index (κ2) is 7.15. The lowest BCUT2D eigenvalue weighted by Crippen LogP contribution is -2.26. The third-order valence-electron chi connectivity index (χ3n) is 3.04. The van der Waals surface area contributed by atoms with Crippen LogP contribution in [-0.2, 0) is 11.3 Å². The van der Waals surface area contributed by atoms with Crippen LogP contribution in [0.25, 0.3) is 10.9 Å². The third kappa shape index (κ3) is 3.81. The average molecular weight is 340 g/mol. The fraction of sp³-hybridized carbons (Fsp3) is 0.400. The summed E-state index contributed by atoms with van der Waals surface area (Å²) in [5, 5.41) is 4.12. The Morgan fingerprint density at radius 3 is 2.82 bits per heavy atom. The van der Waals surface area contributed by atoms with E-state index in [1.807, 2.05) is 13.8 Å². The van der Waals surface area contributed by atoms with Gasteiger partial charge >= 0.3 is 0 Å². The Kier molecular flexibility index (Phi) is 5.47. The van der Waals surface area contributed by atoms with Gasteiger partial charge in [0.1, 0.15) is 0 Å². The Balaban J connectivity index is 2.54. The van der Waals surface area contributed by atoms with Crippen molar-refractivity contribution >= 4 is 40.2 Å². The lowest BCUT2D eigenvalue weighted by atomic mass is 10.2. The molecule has 0 aliphatic heterocycles. The smallest absolute Gasteiger partial charge is 0.262 e. The predicted octanol–water partition coefficient (Wildman–Crippen LogP) is 2.54. The van der Waals surface area contributed by atoms with E-state index in [-0.39, 0.29) is 23.1 Å². The average Bonchev–Trinajstić information content (AvgIpc) is 2.48. The van der Waals surface area contributed by atoms with Crippen LogP contribution < -0.4 is 10.9 Å². The highest BCUT2D eigenvalue weighted by Crippen LogP contribution is 2.21. The summed E-state index contributed by atoms with van der Waals surface area (Å²) in [4.78, 5) is 28.7. The van der Waals surface area contributed by atoms with Gasteiger partial charge in [-0.15, -0.1) is 0 Å². The zero-order valence-corrected chi connectivity index (χ0v) is 14.3. The molecule has 1 aromatic carbocycles. The number of aromatic nitrogens is 2. The summed E-state index contributed by atoms with van der Waals surface area (Å²) in [5.74, 6) is 0.405. The van der Waals surface area contributed by atoms with Crippen LogP contribution >= 0.6 is 23.4 Å². The molecule has 0 saturated carbocycles. The molecule has 0 fully saturated rings. The molecule has 0 bridgehead atoms. The van der Waals surface area contributed by atoms with Gasteiger partial charge in [0.2, 0.25) is 5.91 Å². The number of carbonyl (C=O) groups excluding carboxylic acids is 1. The van der Waals surface area contributed by atoms with Gasteiger partial charge in [0.25, 0.3) is 5.56 Å². The first kappa shape index (κ1) is 16.8. The third-order valence-corrected chi connectivity index (χ3v) is 4.25. The minimum Gasteiger partial charge on any atom is -0.358 e. The molecule has 0 atom stereocenters. The second-order valence-corrected chi connectivity index (χ2v) is 6.71. The van der Waals surface area contributed by atoms with E-state index in [0.717, 1.165) is 0 Å². The fourth-order valence-electron chi connectivity index (χ4n) is 2.01. The van der Waals surface area contributed by atoms with E-state index < -0.39 is 0 Å². The summed E-state index contributed by atoms with van der Waals surface area (Å²) in [6.07, 6.45) is 0. The van der Waals surface area contributed by atoms with Gasteiger partial charge in [0, 0.05) is 18.6 Å². The molecule has 7 heteroatoms. The van der Waals surface area contributed by atoms with Crippen LogP contribution in [-0.4, -0.2) is 28.3 Å². The molecule has 0 spiro atoms. The molecule has 1 heterocycles. The monoisotopic (exact) mass is 339 g/mol. The van der Waals surface area contributed by atoms with Crippen molar-refractivity contribution in [2.75, 3.05) is 12.8 Å². The van der Waals surface area contributed by atoms with Gasteiger partial charge in [-0.2, -0.15) is 0 Å². The van der Waals surface area contributed by atoms with Crippen molar-refractivity contribution in [2.45, 2.75) is 25.5 Å². The highest BCUT2D eigenvalue weighted by atomic mass is 35.5. The van der Waals surface area contributed by atoms with Crippen molar-refractivity contribution in [1.82, 2.24) is 14.9 Å². The standard InChI is InChI=1S/C15H18ClN3O2S/c1-9(2)7-19-14(21)11-6-10(16)4-5-12(11)18-15(19)22-8-13(20)17-3/h4-6,9H,7-8H2,1-3H3,(H,17,20). The number of amides is 1. The molecule has 0 aliphatic rings. The van der Waals surface area contributed by atoms with Crippen LogP contribution in [0.15, 0.2) is 28.2 Å². The lowest BCUT2D eigenvalue weighted by Gasteiger charge is -2.14. The Morgan fingerprint density at radius 1 is 1.45 bits per heavy atom. The summed E-state index contributed by atoms with van der Waals surface area (Å²) in [6, 6.07) is 5.06. The minimum absolute atomic E-state index is 0.105. The summed E-state index contributed by atoms with van der Waals surface area (Å²) in [7, 11) is 1.58. The van der Waals surface area contributed by atoms with Crippen molar-refractivity contribution in [3.05, 3.63) is 33.6 Å². The number of nitrogens with zero attached hydrogens (tertiary/aromatic N) is 2. The van der Waals surface area contributed by atoms with Crippen molar-refractivity contribution < 1.29 is 4.79 Å². The maximum absolute atomic E-state index is 12.7. The number of hydrogen-bond donors (Lipinski definition) is 1. The van der Waals surface area contributed by atoms with E-state index in [1.165, 1.54) is 11.8 Å². The summed E-state index contributed by atoms with van der Waals surface area (Å²) >= 11 is 7.24. The van der Waals surface area contributed by atoms with E-state index in [2.05, 4.69) is 10.3 Å². The highest BCUT2D eigenvalue weighted by Gasteiger charge is 2.14. The summed E-state index contributed by atoms with van der Waals surface area (Å²) in [6.45, 7) is 4.61. The number of halogens is 1. The molecule has 1 aromatic heterocycles. The van der Waals surface area contributed by atoms with E-state index in [9.17, 15) is 9.59 Å². The van der Waals surface area contributed by atoms with Gasteiger partial charge in [-0.1, -0.05) is 37.2 Å². The number of carbonyl (C=O) groups is 1. The molecule has 1 N–H and O–H groups in total. The summed E-state index contributed by atoms with van der Waals surface area (Å²) in [5.41, 5.74) is 0.467. The van der Waals surface area contributed by atoms with E-state index in [0.29, 0.717) is 27.6 Å². The highest BCUT2D eigenvalue weighted by molar-refractivity contribution is 7.99. The Labute approximate surface area is 138 Å². The van der Waals surface area contributed by atoms with Crippen LogP contribution in [0, 0.1) is 5.92 Å². The van der Waals surface area contributed by atoms with E-state index >= 15 is 0 Å². The van der Waals surface area contributed by atoms with Crippen molar-refractivity contribution in [2.24, 2.45) is 5.92 Å². The van der Waals surface area contributed by atoms with Crippen LogP contribution in [0.4, 0.5) is 0 Å². The van der Waals surface area contributed by atoms with Crippen molar-refractivity contribution in [3.63, 3.8) is 0 Å². The van der Waals surface area contributed by atoms with Crippen molar-refractivity contribution in [3.8, 4) is 0 Å². The Morgan fingerprint density at radius 2 is 2.18 bits per heavy atom. The molecule has 2 rings (SSSR count). The molecule has 0 radical (unpaired) electrons. The first-order valence-electron chi connectivity index (χ1n) is 6.96. The van der Waals surface area contributed by atoms with Crippen molar-refractivity contribution in [1.29, 1.82) is 0 Å². The first-order valence-corrected chi connectivity index (χ1v) is 8.32. The minimum atomic E-state index is -0.124. The SMILES string of the molecule is CNC(=O)CSc1nc2ccc(Cl)cc2c(=O)n1CC(C)C. The lowest BCUT2D eigenvalue weighted by molar-refractivity contribution is -0.118. The fourth-order valence-corrected chi connectivity index (χ4v) is 3.06. The molecule has 2 aromatic rings. The molecular weight excluding hydrogens is 322 g/mol. The zero-order valence-electron chi connectivity index (χ0n) is 12.7. The molecule has 1 amide bonds. The number of thioether (sulfide) groups is 1. The number of hydrogen-bond acceptors (Lipinski definition) is 4. The largest absolute Gasteiger partial charge is 0.358 e. The van der Waals surface area contributed by atoms with Gasteiger partial charge in [-0.05, 0) is 24.1 Å². The van der Waals surface area contributed by atoms with Crippen LogP contribution in [0.5, 0.6) is 0 Å². The maximum atomic E-state index is 12.7. The molecular formula is C15H18ClN3O2S. The van der Waals surface area contributed by atoms with Crippen LogP contribution in [0.3, 0.4) is 0 Å². The molecule has 0 unspecified atom stereocenters. The number of fused-ring (bicyclic) bond motifs is 1. The molecule has 0 saturated heterocycles. The van der Waals surface area contributed by atoms with Crippen LogP contribution in [0.2, 0.25) is 5.02 Å². The molecule has 22 heavy (non-hydrogen) atoms. The molecule has 5 nitrogen and oxygen atoms in total. The van der Waals surface area contributed by atoms with E-state index in [1.54, 1.807) is 29.8 Å². The van der Waals surface area contributed by atoms with Gasteiger partial charge in [-0.3, -0.25) is 14.2 Å². The van der Waals surface area contributed by atoms with Gasteiger partial charge < -0.3 is 5.32 Å². The quantitative estimate of drug-likeness (QED) is 0.671. The maximum Gasteiger partial charge on any atom is 0.262 e. The number of benzene rings is 1. The predicted molar refractivity (Wildman–Crippen MR) is 90.6 cm³/mol. The zero-order chi connectivity index (χ0) is 16.3. The normalized spacial score (nSPS) is 11.1. The Hall–Kier alpha value is -1.53. The van der Waals surface area contributed by atoms with Gasteiger partial charge in [0.05, 0.1) is 16.7 Å². The van der Waals surface area contributed by atoms with Crippen LogP contribution in [0.1, 0.15) is 13.8 Å². The summed E-state index contributed by atoms with van der Waals surface area (Å²) < 4.78 is 1.62. The topological polar surface area (TPSA) is 64.0 Å². The molecule has 0 aliphatic carbocycles. The number of nitrogens with one attached hydrogen (secondary N) is 1. The Bertz CT molecular complexity index is 758. The number of rotatable bonds is 5. The second-order valence-electron chi connectivity index (χ2n) is 5.33. The van der Waals surface area contributed by atoms with Gasteiger partial charge in [-0.25, -0.2) is 4.98 Å². The molecule has 118 valence electrons. The van der Waals surface area contributed by atoms with Gasteiger partial charge in [0.15, 0.2) is 5.16 Å².